The first-order valence-corrected chi connectivity index (χ1v) is 7.93. The van der Waals surface area contributed by atoms with E-state index in [1.165, 1.54) is 0 Å². The highest BCUT2D eigenvalue weighted by atomic mass is 19.4. The topological polar surface area (TPSA) is 76.0 Å². The largest absolute Gasteiger partial charge is 0.408 e. The zero-order chi connectivity index (χ0) is 17.5. The van der Waals surface area contributed by atoms with E-state index < -0.39 is 24.2 Å². The molecule has 2 amide bonds. The lowest BCUT2D eigenvalue weighted by Crippen LogP contribution is -2.58. The van der Waals surface area contributed by atoms with Gasteiger partial charge in [0.1, 0.15) is 12.1 Å². The van der Waals surface area contributed by atoms with Crippen LogP contribution in [0.3, 0.4) is 0 Å². The van der Waals surface area contributed by atoms with Gasteiger partial charge in [-0.3, -0.25) is 14.3 Å². The molecular formula is C15H19F3N4O2. The quantitative estimate of drug-likeness (QED) is 0.835. The summed E-state index contributed by atoms with van der Waals surface area (Å²) < 4.78 is 39.6. The van der Waals surface area contributed by atoms with Gasteiger partial charge in [0.15, 0.2) is 0 Å². The molecule has 0 bridgehead atoms. The summed E-state index contributed by atoms with van der Waals surface area (Å²) in [6, 6.07) is -2.73. The molecule has 2 N–H and O–H groups in total. The Labute approximate surface area is 136 Å². The molecule has 1 aliphatic carbocycles. The summed E-state index contributed by atoms with van der Waals surface area (Å²) in [5.74, 6) is -1.34. The van der Waals surface area contributed by atoms with Crippen molar-refractivity contribution in [1.29, 1.82) is 0 Å². The normalized spacial score (nSPS) is 27.3. The molecule has 1 fully saturated rings. The van der Waals surface area contributed by atoms with Crippen molar-refractivity contribution < 1.29 is 22.8 Å². The highest BCUT2D eigenvalue weighted by Gasteiger charge is 2.44. The Morgan fingerprint density at radius 1 is 1.38 bits per heavy atom. The number of fused-ring (bicyclic) bond motifs is 1. The number of aromatic nitrogens is 2. The van der Waals surface area contributed by atoms with Crippen LogP contribution < -0.4 is 10.6 Å². The Balaban J connectivity index is 1.58. The molecule has 1 aromatic rings. The fourth-order valence-corrected chi connectivity index (χ4v) is 3.35. The second-order valence-corrected chi connectivity index (χ2v) is 6.42. The molecule has 0 radical (unpaired) electrons. The molecule has 0 aromatic carbocycles. The Morgan fingerprint density at radius 2 is 2.12 bits per heavy atom. The van der Waals surface area contributed by atoms with Crippen LogP contribution in [0.25, 0.3) is 0 Å². The molecule has 3 rings (SSSR count). The molecule has 1 aliphatic heterocycles. The molecule has 0 saturated carbocycles. The fraction of sp³-hybridized carbons (Fsp3) is 0.667. The number of carbonyl (C=O) groups excluding carboxylic acids is 2. The van der Waals surface area contributed by atoms with Crippen molar-refractivity contribution in [3.8, 4) is 0 Å². The van der Waals surface area contributed by atoms with Crippen molar-refractivity contribution in [1.82, 2.24) is 20.4 Å². The minimum atomic E-state index is -4.45. The van der Waals surface area contributed by atoms with Crippen LogP contribution in [-0.2, 0) is 29.5 Å². The lowest BCUT2D eigenvalue weighted by atomic mass is 9.87. The molecule has 2 heterocycles. The number of hydrogen-bond donors (Lipinski definition) is 2. The number of aryl methyl sites for hydroxylation is 2. The molecule has 24 heavy (non-hydrogen) atoms. The highest BCUT2D eigenvalue weighted by molar-refractivity contribution is 5.89. The van der Waals surface area contributed by atoms with Gasteiger partial charge in [0, 0.05) is 25.1 Å². The van der Waals surface area contributed by atoms with Crippen LogP contribution in [0.5, 0.6) is 0 Å². The van der Waals surface area contributed by atoms with Crippen LogP contribution in [0, 0.1) is 5.92 Å². The van der Waals surface area contributed by atoms with E-state index in [0.29, 0.717) is 12.8 Å². The van der Waals surface area contributed by atoms with E-state index in [2.05, 4.69) is 10.4 Å². The van der Waals surface area contributed by atoms with Crippen molar-refractivity contribution in [2.24, 2.45) is 13.0 Å². The van der Waals surface area contributed by atoms with Gasteiger partial charge in [0.2, 0.25) is 11.8 Å². The van der Waals surface area contributed by atoms with Crippen molar-refractivity contribution >= 4 is 11.8 Å². The van der Waals surface area contributed by atoms with Crippen LogP contribution in [0.2, 0.25) is 0 Å². The zero-order valence-corrected chi connectivity index (χ0v) is 13.2. The summed E-state index contributed by atoms with van der Waals surface area (Å²) >= 11 is 0. The third-order valence-electron chi connectivity index (χ3n) is 4.81. The third-order valence-corrected chi connectivity index (χ3v) is 4.81. The van der Waals surface area contributed by atoms with Gasteiger partial charge in [-0.2, -0.15) is 18.3 Å². The van der Waals surface area contributed by atoms with Crippen LogP contribution >= 0.6 is 0 Å². The summed E-state index contributed by atoms with van der Waals surface area (Å²) in [4.78, 5) is 24.2. The molecule has 132 valence electrons. The number of alkyl halides is 3. The van der Waals surface area contributed by atoms with Gasteiger partial charge in [-0.05, 0) is 31.2 Å². The standard InChI is InChI=1S/C15H19F3N4O2/c1-22-11-6-8(2-3-9(11)7-19-22)13(23)20-10-4-5-12(15(16,17)18)21-14(10)24/h7-8,10,12H,2-6H2,1H3,(H,20,23)(H,21,24)/t8?,10-,12-/m1/s1. The van der Waals surface area contributed by atoms with Crippen LogP contribution in [0.1, 0.15) is 30.5 Å². The predicted molar refractivity (Wildman–Crippen MR) is 77.9 cm³/mol. The van der Waals surface area contributed by atoms with Crippen molar-refractivity contribution in [3.63, 3.8) is 0 Å². The lowest BCUT2D eigenvalue weighted by molar-refractivity contribution is -0.168. The number of carbonyl (C=O) groups is 2. The molecule has 1 aromatic heterocycles. The summed E-state index contributed by atoms with van der Waals surface area (Å²) in [6.07, 6.45) is -1.00. The Hall–Kier alpha value is -2.06. The molecule has 6 nitrogen and oxygen atoms in total. The van der Waals surface area contributed by atoms with Crippen LogP contribution in [0.4, 0.5) is 13.2 Å². The summed E-state index contributed by atoms with van der Waals surface area (Å²) in [5.41, 5.74) is 2.11. The summed E-state index contributed by atoms with van der Waals surface area (Å²) in [5, 5.41) is 8.71. The first-order chi connectivity index (χ1) is 11.3. The van der Waals surface area contributed by atoms with Crippen LogP contribution in [0.15, 0.2) is 6.20 Å². The SMILES string of the molecule is Cn1ncc2c1CC(C(=O)N[C@@H]1CC[C@H](C(F)(F)F)NC1=O)CC2. The maximum atomic E-state index is 12.6. The van der Waals surface area contributed by atoms with Gasteiger partial charge in [0.25, 0.3) is 0 Å². The maximum Gasteiger partial charge on any atom is 0.408 e. The van der Waals surface area contributed by atoms with Gasteiger partial charge < -0.3 is 10.6 Å². The van der Waals surface area contributed by atoms with Gasteiger partial charge in [-0.1, -0.05) is 0 Å². The highest BCUT2D eigenvalue weighted by Crippen LogP contribution is 2.28. The number of piperidine rings is 1. The van der Waals surface area contributed by atoms with E-state index in [1.54, 1.807) is 10.9 Å². The third kappa shape index (κ3) is 3.25. The van der Waals surface area contributed by atoms with Crippen molar-refractivity contribution in [3.05, 3.63) is 17.5 Å². The van der Waals surface area contributed by atoms with E-state index in [9.17, 15) is 22.8 Å². The minimum absolute atomic E-state index is 0.00850. The average Bonchev–Trinajstić information content (AvgIpc) is 2.89. The molecule has 3 atom stereocenters. The lowest BCUT2D eigenvalue weighted by Gasteiger charge is -2.32. The number of halogens is 3. The maximum absolute atomic E-state index is 12.6. The van der Waals surface area contributed by atoms with E-state index in [4.69, 9.17) is 0 Å². The summed E-state index contributed by atoms with van der Waals surface area (Å²) in [6.45, 7) is 0. The number of nitrogens with one attached hydrogen (secondary N) is 2. The molecule has 9 heteroatoms. The zero-order valence-electron chi connectivity index (χ0n) is 13.2. The van der Waals surface area contributed by atoms with E-state index in [-0.39, 0.29) is 24.7 Å². The Bertz CT molecular complexity index is 656. The first kappa shape index (κ1) is 16.8. The second kappa shape index (κ2) is 6.10. The molecular weight excluding hydrogens is 325 g/mol. The van der Waals surface area contributed by atoms with Gasteiger partial charge in [-0.15, -0.1) is 0 Å². The van der Waals surface area contributed by atoms with Gasteiger partial charge in [0.05, 0.1) is 6.20 Å². The summed E-state index contributed by atoms with van der Waals surface area (Å²) in [7, 11) is 1.81. The average molecular weight is 344 g/mol. The number of rotatable bonds is 2. The molecule has 1 saturated heterocycles. The minimum Gasteiger partial charge on any atom is -0.344 e. The monoisotopic (exact) mass is 344 g/mol. The fourth-order valence-electron chi connectivity index (χ4n) is 3.35. The van der Waals surface area contributed by atoms with Crippen LogP contribution in [-0.4, -0.2) is 39.9 Å². The Kier molecular flexibility index (Phi) is 4.27. The van der Waals surface area contributed by atoms with Crippen molar-refractivity contribution in [2.75, 3.05) is 0 Å². The Morgan fingerprint density at radius 3 is 2.79 bits per heavy atom. The van der Waals surface area contributed by atoms with Gasteiger partial charge in [-0.25, -0.2) is 0 Å². The van der Waals surface area contributed by atoms with E-state index in [0.717, 1.165) is 17.7 Å². The molecule has 2 aliphatic rings. The van der Waals surface area contributed by atoms with Gasteiger partial charge >= 0.3 is 6.18 Å². The predicted octanol–water partition coefficient (Wildman–Crippen LogP) is 0.851. The van der Waals surface area contributed by atoms with E-state index >= 15 is 0 Å². The van der Waals surface area contributed by atoms with E-state index in [1.807, 2.05) is 12.4 Å². The molecule has 1 unspecified atom stereocenters. The number of hydrogen-bond acceptors (Lipinski definition) is 3. The second-order valence-electron chi connectivity index (χ2n) is 6.42. The van der Waals surface area contributed by atoms with Crippen molar-refractivity contribution in [2.45, 2.75) is 50.4 Å². The molecule has 0 spiro atoms. The number of nitrogens with zero attached hydrogens (tertiary/aromatic N) is 2. The first-order valence-electron chi connectivity index (χ1n) is 7.93. The number of amides is 2. The smallest absolute Gasteiger partial charge is 0.344 e.